The van der Waals surface area contributed by atoms with Crippen molar-refractivity contribution in [3.05, 3.63) is 63.6 Å². The number of hydrogen-bond donors (Lipinski definition) is 2. The first-order chi connectivity index (χ1) is 17.2. The molecule has 0 spiro atoms. The van der Waals surface area contributed by atoms with Crippen molar-refractivity contribution in [1.29, 1.82) is 0 Å². The minimum atomic E-state index is -4.75. The molecule has 4 nitrogen and oxygen atoms in total. The van der Waals surface area contributed by atoms with Gasteiger partial charge in [-0.3, -0.25) is 4.79 Å². The monoisotopic (exact) mass is 570 g/mol. The predicted molar refractivity (Wildman–Crippen MR) is 142 cm³/mol. The molecule has 0 aliphatic heterocycles. The van der Waals surface area contributed by atoms with Gasteiger partial charge >= 0.3 is 6.36 Å². The molecule has 1 unspecified atom stereocenters. The maximum absolute atomic E-state index is 12.5. The molecular weight excluding hydrogens is 533 g/mol. The first kappa shape index (κ1) is 30.2. The molecule has 8 heteroatoms. The third-order valence-electron chi connectivity index (χ3n) is 6.09. The average molecular weight is 572 g/mol. The number of ether oxygens (including phenoxy) is 1. The number of hydrogen-bond acceptors (Lipinski definition) is 3. The standard InChI is InChI=1S/C28H38BrF3N2O2/c1-2-3-4-5-6-7-8-9-10-11-17-34-27(35)23-16-15-21(25(29)19-23)20-26(33)22-13-12-14-24(18-22)36-28(30,31)32/h12-16,18-19,26H,2-11,17,20,33H2,1H3,(H,34,35). The van der Waals surface area contributed by atoms with Crippen molar-refractivity contribution in [1.82, 2.24) is 5.32 Å². The van der Waals surface area contributed by atoms with Gasteiger partial charge in [0.2, 0.25) is 0 Å². The van der Waals surface area contributed by atoms with Gasteiger partial charge in [-0.05, 0) is 48.2 Å². The molecule has 2 aromatic rings. The molecule has 0 saturated heterocycles. The smallest absolute Gasteiger partial charge is 0.406 e. The van der Waals surface area contributed by atoms with Crippen LogP contribution in [0.4, 0.5) is 13.2 Å². The van der Waals surface area contributed by atoms with Gasteiger partial charge in [0.25, 0.3) is 5.91 Å². The molecule has 200 valence electrons. The van der Waals surface area contributed by atoms with Crippen molar-refractivity contribution in [3.8, 4) is 5.75 Å². The van der Waals surface area contributed by atoms with Gasteiger partial charge in [-0.25, -0.2) is 0 Å². The SMILES string of the molecule is CCCCCCCCCCCCNC(=O)c1ccc(CC(N)c2cccc(OC(F)(F)F)c2)c(Br)c1. The van der Waals surface area contributed by atoms with Crippen LogP contribution in [0.3, 0.4) is 0 Å². The molecule has 0 bridgehead atoms. The van der Waals surface area contributed by atoms with E-state index >= 15 is 0 Å². The quantitative estimate of drug-likeness (QED) is 0.200. The minimum absolute atomic E-state index is 0.125. The van der Waals surface area contributed by atoms with Crippen molar-refractivity contribution in [3.63, 3.8) is 0 Å². The highest BCUT2D eigenvalue weighted by molar-refractivity contribution is 9.10. The zero-order valence-electron chi connectivity index (χ0n) is 21.0. The van der Waals surface area contributed by atoms with Crippen LogP contribution in [-0.2, 0) is 6.42 Å². The molecule has 0 fully saturated rings. The van der Waals surface area contributed by atoms with Crippen molar-refractivity contribution >= 4 is 21.8 Å². The second-order valence-corrected chi connectivity index (χ2v) is 10.0. The lowest BCUT2D eigenvalue weighted by Crippen LogP contribution is -2.24. The van der Waals surface area contributed by atoms with Crippen molar-refractivity contribution in [2.24, 2.45) is 5.73 Å². The van der Waals surface area contributed by atoms with Crippen LogP contribution in [0.2, 0.25) is 0 Å². The van der Waals surface area contributed by atoms with E-state index in [0.29, 0.717) is 24.1 Å². The van der Waals surface area contributed by atoms with E-state index in [-0.39, 0.29) is 11.7 Å². The number of carbonyl (C=O) groups is 1. The van der Waals surface area contributed by atoms with Gasteiger partial charge < -0.3 is 15.8 Å². The van der Waals surface area contributed by atoms with Crippen molar-refractivity contribution in [2.75, 3.05) is 6.54 Å². The van der Waals surface area contributed by atoms with Crippen LogP contribution in [-0.4, -0.2) is 18.8 Å². The van der Waals surface area contributed by atoms with Gasteiger partial charge in [-0.1, -0.05) is 98.8 Å². The molecule has 0 aliphatic rings. The number of nitrogens with one attached hydrogen (secondary N) is 1. The molecule has 1 atom stereocenters. The lowest BCUT2D eigenvalue weighted by atomic mass is 9.98. The molecule has 36 heavy (non-hydrogen) atoms. The van der Waals surface area contributed by atoms with Gasteiger partial charge in [0.1, 0.15) is 5.75 Å². The van der Waals surface area contributed by atoms with Gasteiger partial charge in [0.05, 0.1) is 0 Å². The highest BCUT2D eigenvalue weighted by atomic mass is 79.9. The first-order valence-electron chi connectivity index (χ1n) is 12.9. The van der Waals surface area contributed by atoms with E-state index in [0.717, 1.165) is 22.9 Å². The fourth-order valence-corrected chi connectivity index (χ4v) is 4.61. The fourth-order valence-electron chi connectivity index (χ4n) is 4.07. The second-order valence-electron chi connectivity index (χ2n) is 9.17. The van der Waals surface area contributed by atoms with E-state index in [1.807, 2.05) is 6.07 Å². The van der Waals surface area contributed by atoms with Gasteiger partial charge in [0, 0.05) is 22.6 Å². The Kier molecular flexibility index (Phi) is 13.3. The van der Waals surface area contributed by atoms with Crippen molar-refractivity contribution < 1.29 is 22.7 Å². The molecule has 2 rings (SSSR count). The van der Waals surface area contributed by atoms with Gasteiger partial charge in [-0.2, -0.15) is 0 Å². The van der Waals surface area contributed by atoms with Crippen LogP contribution in [0.1, 0.15) is 98.7 Å². The molecule has 3 N–H and O–H groups in total. The molecule has 1 amide bonds. The minimum Gasteiger partial charge on any atom is -0.406 e. The summed E-state index contributed by atoms with van der Waals surface area (Å²) in [4.78, 5) is 12.5. The topological polar surface area (TPSA) is 64.4 Å². The first-order valence-corrected chi connectivity index (χ1v) is 13.7. The predicted octanol–water partition coefficient (Wildman–Crippen LogP) is 8.24. The number of nitrogens with two attached hydrogens (primary N) is 1. The number of benzene rings is 2. The third kappa shape index (κ3) is 11.8. The summed E-state index contributed by atoms with van der Waals surface area (Å²) in [5.41, 5.74) is 8.18. The Morgan fingerprint density at radius 1 is 0.972 bits per heavy atom. The molecule has 0 radical (unpaired) electrons. The van der Waals surface area contributed by atoms with Gasteiger partial charge in [-0.15, -0.1) is 13.2 Å². The zero-order valence-corrected chi connectivity index (χ0v) is 22.6. The maximum atomic E-state index is 12.5. The number of halogens is 4. The Hall–Kier alpha value is -2.06. The normalized spacial score (nSPS) is 12.4. The highest BCUT2D eigenvalue weighted by Gasteiger charge is 2.31. The average Bonchev–Trinajstić information content (AvgIpc) is 2.82. The van der Waals surface area contributed by atoms with E-state index < -0.39 is 12.4 Å². The number of alkyl halides is 3. The summed E-state index contributed by atoms with van der Waals surface area (Å²) >= 11 is 3.50. The summed E-state index contributed by atoms with van der Waals surface area (Å²) in [5.74, 6) is -0.427. The van der Waals surface area contributed by atoms with Crippen LogP contribution < -0.4 is 15.8 Å². The lowest BCUT2D eigenvalue weighted by molar-refractivity contribution is -0.274. The van der Waals surface area contributed by atoms with Crippen LogP contribution in [0.25, 0.3) is 0 Å². The maximum Gasteiger partial charge on any atom is 0.573 e. The Balaban J connectivity index is 1.74. The van der Waals surface area contributed by atoms with Crippen LogP contribution >= 0.6 is 15.9 Å². The zero-order chi connectivity index (χ0) is 26.4. The molecular formula is C28H38BrF3N2O2. The number of carbonyl (C=O) groups excluding carboxylic acids is 1. The van der Waals surface area contributed by atoms with E-state index in [2.05, 4.69) is 32.9 Å². The largest absolute Gasteiger partial charge is 0.573 e. The van der Waals surface area contributed by atoms with Crippen molar-refractivity contribution in [2.45, 2.75) is 90.0 Å². The molecule has 0 saturated carbocycles. The number of amides is 1. The highest BCUT2D eigenvalue weighted by Crippen LogP contribution is 2.28. The third-order valence-corrected chi connectivity index (χ3v) is 6.83. The van der Waals surface area contributed by atoms with E-state index in [1.54, 1.807) is 18.2 Å². The number of unbranched alkanes of at least 4 members (excludes halogenated alkanes) is 9. The summed E-state index contributed by atoms with van der Waals surface area (Å²) in [7, 11) is 0. The Bertz CT molecular complexity index is 937. The Morgan fingerprint density at radius 3 is 2.22 bits per heavy atom. The molecule has 2 aromatic carbocycles. The Morgan fingerprint density at radius 2 is 1.61 bits per heavy atom. The Labute approximate surface area is 221 Å². The van der Waals surface area contributed by atoms with Crippen LogP contribution in [0.15, 0.2) is 46.9 Å². The van der Waals surface area contributed by atoms with E-state index in [9.17, 15) is 18.0 Å². The van der Waals surface area contributed by atoms with Gasteiger partial charge in [0.15, 0.2) is 0 Å². The fraction of sp³-hybridized carbons (Fsp3) is 0.536. The van der Waals surface area contributed by atoms with Crippen LogP contribution in [0.5, 0.6) is 5.75 Å². The summed E-state index contributed by atoms with van der Waals surface area (Å²) in [5, 5.41) is 2.97. The van der Waals surface area contributed by atoms with Crippen LogP contribution in [0, 0.1) is 0 Å². The summed E-state index contributed by atoms with van der Waals surface area (Å²) in [6.07, 6.45) is 8.11. The lowest BCUT2D eigenvalue weighted by Gasteiger charge is -2.16. The second kappa shape index (κ2) is 15.9. The molecule has 0 aromatic heterocycles. The molecule has 0 aliphatic carbocycles. The summed E-state index contributed by atoms with van der Waals surface area (Å²) in [6, 6.07) is 10.4. The summed E-state index contributed by atoms with van der Waals surface area (Å²) < 4.78 is 42.2. The molecule has 0 heterocycles. The number of rotatable bonds is 16. The summed E-state index contributed by atoms with van der Waals surface area (Å²) in [6.45, 7) is 2.88. The van der Waals surface area contributed by atoms with E-state index in [1.165, 1.54) is 69.6 Å². The van der Waals surface area contributed by atoms with E-state index in [4.69, 9.17) is 5.73 Å².